The molecule has 2 rings (SSSR count). The molecule has 1 aliphatic heterocycles. The van der Waals surface area contributed by atoms with Crippen LogP contribution in [0.1, 0.15) is 18.9 Å². The molecule has 19 heavy (non-hydrogen) atoms. The largest absolute Gasteiger partial charge is 0.347 e. The summed E-state index contributed by atoms with van der Waals surface area (Å²) in [7, 11) is 0. The summed E-state index contributed by atoms with van der Waals surface area (Å²) in [5.74, 6) is -4.48. The monoisotopic (exact) mass is 268 g/mol. The van der Waals surface area contributed by atoms with Gasteiger partial charge in [-0.15, -0.1) is 0 Å². The minimum atomic E-state index is -3.30. The van der Waals surface area contributed by atoms with E-state index in [-0.39, 0.29) is 6.04 Å². The van der Waals surface area contributed by atoms with Crippen LogP contribution < -0.4 is 5.32 Å². The van der Waals surface area contributed by atoms with Crippen LogP contribution in [0.5, 0.6) is 0 Å². The number of amides is 1. The van der Waals surface area contributed by atoms with E-state index >= 15 is 0 Å². The van der Waals surface area contributed by atoms with Crippen molar-refractivity contribution in [3.8, 4) is 0 Å². The van der Waals surface area contributed by atoms with Crippen molar-refractivity contribution in [1.29, 1.82) is 0 Å². The molecule has 1 fully saturated rings. The summed E-state index contributed by atoms with van der Waals surface area (Å²) in [6.45, 7) is 2.85. The van der Waals surface area contributed by atoms with E-state index in [0.29, 0.717) is 19.9 Å². The van der Waals surface area contributed by atoms with Crippen molar-refractivity contribution in [3.63, 3.8) is 0 Å². The van der Waals surface area contributed by atoms with Gasteiger partial charge in [0.2, 0.25) is 0 Å². The standard InChI is InChI=1S/C14H18F2N2O/c1-14(15,16)13(19)17-12-7-8-18(10-12)9-11-5-3-2-4-6-11/h2-6,12H,7-10H2,1H3,(H,17,19)/t12-/m1/s1. The molecule has 1 atom stereocenters. The molecule has 1 N–H and O–H groups in total. The third-order valence-electron chi connectivity index (χ3n) is 3.26. The van der Waals surface area contributed by atoms with Crippen LogP contribution in [0.2, 0.25) is 0 Å². The van der Waals surface area contributed by atoms with E-state index in [4.69, 9.17) is 0 Å². The molecule has 0 spiro atoms. The predicted octanol–water partition coefficient (Wildman–Crippen LogP) is 2.03. The average molecular weight is 268 g/mol. The fourth-order valence-electron chi connectivity index (χ4n) is 2.25. The molecule has 1 aliphatic rings. The van der Waals surface area contributed by atoms with Crippen molar-refractivity contribution in [1.82, 2.24) is 10.2 Å². The Labute approximate surface area is 111 Å². The minimum Gasteiger partial charge on any atom is -0.347 e. The third kappa shape index (κ3) is 3.99. The molecule has 1 saturated heterocycles. The maximum absolute atomic E-state index is 12.8. The van der Waals surface area contributed by atoms with E-state index in [2.05, 4.69) is 10.2 Å². The smallest absolute Gasteiger partial charge is 0.321 e. The number of rotatable bonds is 4. The van der Waals surface area contributed by atoms with Crippen LogP contribution >= 0.6 is 0 Å². The fourth-order valence-corrected chi connectivity index (χ4v) is 2.25. The van der Waals surface area contributed by atoms with Crippen LogP contribution in [0.15, 0.2) is 30.3 Å². The number of halogens is 2. The molecule has 0 radical (unpaired) electrons. The number of carbonyl (C=O) groups excluding carboxylic acids is 1. The first-order valence-electron chi connectivity index (χ1n) is 6.40. The highest BCUT2D eigenvalue weighted by Crippen LogP contribution is 2.16. The van der Waals surface area contributed by atoms with Crippen molar-refractivity contribution in [2.75, 3.05) is 13.1 Å². The van der Waals surface area contributed by atoms with Crippen LogP contribution in [-0.2, 0) is 11.3 Å². The number of hydrogen-bond donors (Lipinski definition) is 1. The number of hydrogen-bond acceptors (Lipinski definition) is 2. The molecule has 3 nitrogen and oxygen atoms in total. The lowest BCUT2D eigenvalue weighted by molar-refractivity contribution is -0.143. The summed E-state index contributed by atoms with van der Waals surface area (Å²) in [6, 6.07) is 9.80. The average Bonchev–Trinajstić information content (AvgIpc) is 2.76. The summed E-state index contributed by atoms with van der Waals surface area (Å²) < 4.78 is 25.6. The lowest BCUT2D eigenvalue weighted by Gasteiger charge is -2.18. The first-order valence-corrected chi connectivity index (χ1v) is 6.40. The maximum Gasteiger partial charge on any atom is 0.321 e. The molecule has 1 aromatic carbocycles. The summed E-state index contributed by atoms with van der Waals surface area (Å²) >= 11 is 0. The second-order valence-electron chi connectivity index (χ2n) is 5.07. The highest BCUT2D eigenvalue weighted by molar-refractivity contribution is 5.83. The van der Waals surface area contributed by atoms with Crippen molar-refractivity contribution in [2.24, 2.45) is 0 Å². The minimum absolute atomic E-state index is 0.179. The van der Waals surface area contributed by atoms with E-state index in [1.807, 2.05) is 30.3 Å². The maximum atomic E-state index is 12.8. The van der Waals surface area contributed by atoms with Gasteiger partial charge >= 0.3 is 5.92 Å². The van der Waals surface area contributed by atoms with E-state index in [9.17, 15) is 13.6 Å². The fraction of sp³-hybridized carbons (Fsp3) is 0.500. The molecule has 0 bridgehead atoms. The van der Waals surface area contributed by atoms with Gasteiger partial charge in [0.1, 0.15) is 0 Å². The molecule has 0 aliphatic carbocycles. The molecule has 1 amide bonds. The van der Waals surface area contributed by atoms with Crippen molar-refractivity contribution in [2.45, 2.75) is 31.9 Å². The Hall–Kier alpha value is -1.49. The van der Waals surface area contributed by atoms with Crippen LogP contribution in [0.25, 0.3) is 0 Å². The van der Waals surface area contributed by atoms with Crippen LogP contribution in [0.3, 0.4) is 0 Å². The van der Waals surface area contributed by atoms with E-state index in [1.165, 1.54) is 5.56 Å². The molecule has 1 aromatic rings. The zero-order chi connectivity index (χ0) is 13.9. The van der Waals surface area contributed by atoms with Gasteiger partial charge in [0.15, 0.2) is 0 Å². The van der Waals surface area contributed by atoms with Gasteiger partial charge in [0.25, 0.3) is 5.91 Å². The summed E-state index contributed by atoms with van der Waals surface area (Å²) in [6.07, 6.45) is 0.717. The van der Waals surface area contributed by atoms with Gasteiger partial charge in [-0.2, -0.15) is 8.78 Å². The second-order valence-corrected chi connectivity index (χ2v) is 5.07. The predicted molar refractivity (Wildman–Crippen MR) is 68.9 cm³/mol. The van der Waals surface area contributed by atoms with E-state index in [1.54, 1.807) is 0 Å². The molecular weight excluding hydrogens is 250 g/mol. The van der Waals surface area contributed by atoms with Crippen LogP contribution in [-0.4, -0.2) is 35.9 Å². The van der Waals surface area contributed by atoms with Crippen molar-refractivity contribution in [3.05, 3.63) is 35.9 Å². The number of nitrogens with zero attached hydrogens (tertiary/aromatic N) is 1. The highest BCUT2D eigenvalue weighted by Gasteiger charge is 2.35. The number of alkyl halides is 2. The molecule has 1 heterocycles. The molecule has 0 aromatic heterocycles. The van der Waals surface area contributed by atoms with E-state index in [0.717, 1.165) is 13.1 Å². The Morgan fingerprint density at radius 1 is 1.42 bits per heavy atom. The van der Waals surface area contributed by atoms with Crippen LogP contribution in [0.4, 0.5) is 8.78 Å². The molecule has 0 unspecified atom stereocenters. The Morgan fingerprint density at radius 3 is 2.74 bits per heavy atom. The van der Waals surface area contributed by atoms with Gasteiger partial charge in [-0.1, -0.05) is 30.3 Å². The Morgan fingerprint density at radius 2 is 2.11 bits per heavy atom. The lowest BCUT2D eigenvalue weighted by Crippen LogP contribution is -2.44. The first kappa shape index (κ1) is 13.9. The number of nitrogens with one attached hydrogen (secondary N) is 1. The van der Waals surface area contributed by atoms with E-state index < -0.39 is 11.8 Å². The lowest BCUT2D eigenvalue weighted by atomic mass is 10.2. The number of benzene rings is 1. The van der Waals surface area contributed by atoms with Crippen molar-refractivity contribution < 1.29 is 13.6 Å². The Balaban J connectivity index is 1.82. The Bertz CT molecular complexity index is 431. The molecule has 5 heteroatoms. The normalized spacial score (nSPS) is 20.5. The number of carbonyl (C=O) groups is 1. The zero-order valence-electron chi connectivity index (χ0n) is 10.9. The molecular formula is C14H18F2N2O. The highest BCUT2D eigenvalue weighted by atomic mass is 19.3. The van der Waals surface area contributed by atoms with Crippen LogP contribution in [0, 0.1) is 0 Å². The quantitative estimate of drug-likeness (QED) is 0.906. The van der Waals surface area contributed by atoms with Gasteiger partial charge in [-0.25, -0.2) is 0 Å². The third-order valence-corrected chi connectivity index (χ3v) is 3.26. The zero-order valence-corrected chi connectivity index (χ0v) is 10.9. The van der Waals surface area contributed by atoms with Crippen molar-refractivity contribution >= 4 is 5.91 Å². The summed E-state index contributed by atoms with van der Waals surface area (Å²) in [5, 5.41) is 2.40. The second kappa shape index (κ2) is 5.65. The molecule has 0 saturated carbocycles. The molecule has 104 valence electrons. The SMILES string of the molecule is CC(F)(F)C(=O)N[C@@H]1CCN(Cc2ccccc2)C1. The number of likely N-dealkylation sites (tertiary alicyclic amines) is 1. The summed E-state index contributed by atoms with van der Waals surface area (Å²) in [5.41, 5.74) is 1.19. The van der Waals surface area contributed by atoms with Gasteiger partial charge in [0.05, 0.1) is 0 Å². The van der Waals surface area contributed by atoms with Gasteiger partial charge in [0, 0.05) is 32.6 Å². The topological polar surface area (TPSA) is 32.3 Å². The van der Waals surface area contributed by atoms with Gasteiger partial charge in [-0.3, -0.25) is 9.69 Å². The Kier molecular flexibility index (Phi) is 4.14. The van der Waals surface area contributed by atoms with Gasteiger partial charge < -0.3 is 5.32 Å². The van der Waals surface area contributed by atoms with Gasteiger partial charge in [-0.05, 0) is 12.0 Å². The first-order chi connectivity index (χ1) is 8.95. The summed E-state index contributed by atoms with van der Waals surface area (Å²) in [4.78, 5) is 13.4.